The van der Waals surface area contributed by atoms with Gasteiger partial charge in [-0.3, -0.25) is 9.89 Å². The lowest BCUT2D eigenvalue weighted by Gasteiger charge is -2.13. The maximum atomic E-state index is 12.9. The number of hydrogen-bond acceptors (Lipinski definition) is 3. The standard InChI is InChI=1S/C23H20N4O/c1-14-2-6-20-16(8-14)5-7-21(20)23(28)27-22-10-18-9-15(19-12-25-26-13-19)3-4-17(18)11-24-22/h2-4,6,8-13,21H,5,7H2,1H3,(H,25,26)(H,24,27,28)/t21-/m0/s1. The van der Waals surface area contributed by atoms with Gasteiger partial charge in [-0.2, -0.15) is 5.10 Å². The molecule has 0 saturated heterocycles. The number of nitrogens with one attached hydrogen (secondary N) is 2. The second-order valence-electron chi connectivity index (χ2n) is 7.40. The fraction of sp³-hybridized carbons (Fsp3) is 0.174. The van der Waals surface area contributed by atoms with Gasteiger partial charge in [0.25, 0.3) is 0 Å². The first-order valence-electron chi connectivity index (χ1n) is 9.47. The number of hydrogen-bond donors (Lipinski definition) is 2. The molecule has 0 unspecified atom stereocenters. The number of aryl methyl sites for hydroxylation is 2. The number of aromatic amines is 1. The Balaban J connectivity index is 1.42. The Morgan fingerprint density at radius 3 is 2.86 bits per heavy atom. The lowest BCUT2D eigenvalue weighted by molar-refractivity contribution is -0.117. The molecule has 0 saturated carbocycles. The van der Waals surface area contributed by atoms with Crippen molar-refractivity contribution < 1.29 is 4.79 Å². The van der Waals surface area contributed by atoms with Crippen LogP contribution in [0.5, 0.6) is 0 Å². The van der Waals surface area contributed by atoms with Crippen LogP contribution in [0, 0.1) is 6.92 Å². The molecule has 0 fully saturated rings. The summed E-state index contributed by atoms with van der Waals surface area (Å²) in [7, 11) is 0. The Morgan fingerprint density at radius 1 is 1.07 bits per heavy atom. The molecule has 5 rings (SSSR count). The topological polar surface area (TPSA) is 70.7 Å². The van der Waals surface area contributed by atoms with Crippen molar-refractivity contribution in [2.75, 3.05) is 5.32 Å². The molecule has 2 aromatic carbocycles. The number of amides is 1. The number of pyridine rings is 1. The van der Waals surface area contributed by atoms with Gasteiger partial charge in [0.05, 0.1) is 12.1 Å². The average Bonchev–Trinajstić information content (AvgIpc) is 3.37. The zero-order chi connectivity index (χ0) is 19.1. The minimum absolute atomic E-state index is 0.0143. The quantitative estimate of drug-likeness (QED) is 0.555. The van der Waals surface area contributed by atoms with Crippen LogP contribution in [-0.4, -0.2) is 21.1 Å². The van der Waals surface area contributed by atoms with Gasteiger partial charge in [-0.05, 0) is 54.0 Å². The molecule has 1 aliphatic rings. The molecule has 5 heteroatoms. The van der Waals surface area contributed by atoms with Gasteiger partial charge in [-0.25, -0.2) is 4.98 Å². The number of benzene rings is 2. The molecule has 0 bridgehead atoms. The molecule has 138 valence electrons. The van der Waals surface area contributed by atoms with E-state index in [1.54, 1.807) is 12.4 Å². The second-order valence-corrected chi connectivity index (χ2v) is 7.40. The summed E-state index contributed by atoms with van der Waals surface area (Å²) in [5.41, 5.74) is 5.78. The van der Waals surface area contributed by atoms with E-state index >= 15 is 0 Å². The molecule has 1 atom stereocenters. The number of anilines is 1. The largest absolute Gasteiger partial charge is 0.310 e. The van der Waals surface area contributed by atoms with E-state index in [1.807, 2.05) is 24.4 Å². The Bertz CT molecular complexity index is 1180. The highest BCUT2D eigenvalue weighted by Gasteiger charge is 2.28. The van der Waals surface area contributed by atoms with Gasteiger partial charge < -0.3 is 5.32 Å². The minimum atomic E-state index is -0.106. The average molecular weight is 368 g/mol. The Labute approximate surface area is 162 Å². The van der Waals surface area contributed by atoms with Crippen LogP contribution >= 0.6 is 0 Å². The zero-order valence-corrected chi connectivity index (χ0v) is 15.6. The van der Waals surface area contributed by atoms with Gasteiger partial charge in [0.1, 0.15) is 5.82 Å². The highest BCUT2D eigenvalue weighted by molar-refractivity contribution is 5.98. The monoisotopic (exact) mass is 368 g/mol. The first-order chi connectivity index (χ1) is 13.7. The predicted octanol–water partition coefficient (Wildman–Crippen LogP) is 4.60. The molecule has 0 aliphatic heterocycles. The number of fused-ring (bicyclic) bond motifs is 2. The van der Waals surface area contributed by atoms with Crippen LogP contribution in [0.4, 0.5) is 5.82 Å². The molecule has 28 heavy (non-hydrogen) atoms. The first-order valence-corrected chi connectivity index (χ1v) is 9.47. The van der Waals surface area contributed by atoms with E-state index in [-0.39, 0.29) is 11.8 Å². The number of carbonyl (C=O) groups is 1. The van der Waals surface area contributed by atoms with Gasteiger partial charge in [0.15, 0.2) is 0 Å². The van der Waals surface area contributed by atoms with Crippen molar-refractivity contribution in [2.45, 2.75) is 25.7 Å². The van der Waals surface area contributed by atoms with Crippen LogP contribution in [0.2, 0.25) is 0 Å². The van der Waals surface area contributed by atoms with Crippen LogP contribution in [0.3, 0.4) is 0 Å². The van der Waals surface area contributed by atoms with Crippen molar-refractivity contribution in [1.82, 2.24) is 15.2 Å². The summed E-state index contributed by atoms with van der Waals surface area (Å²) in [6, 6.07) is 14.5. The molecule has 5 nitrogen and oxygen atoms in total. The summed E-state index contributed by atoms with van der Waals surface area (Å²) in [6.07, 6.45) is 7.27. The summed E-state index contributed by atoms with van der Waals surface area (Å²) < 4.78 is 0. The maximum Gasteiger partial charge on any atom is 0.233 e. The summed E-state index contributed by atoms with van der Waals surface area (Å²) in [5.74, 6) is 0.494. The Morgan fingerprint density at radius 2 is 2.00 bits per heavy atom. The van der Waals surface area contributed by atoms with E-state index in [0.29, 0.717) is 5.82 Å². The van der Waals surface area contributed by atoms with Crippen molar-refractivity contribution in [3.8, 4) is 11.1 Å². The summed E-state index contributed by atoms with van der Waals surface area (Å²) in [6.45, 7) is 2.09. The van der Waals surface area contributed by atoms with E-state index in [2.05, 4.69) is 51.7 Å². The summed E-state index contributed by atoms with van der Waals surface area (Å²) in [5, 5.41) is 11.9. The fourth-order valence-corrected chi connectivity index (χ4v) is 4.03. The van der Waals surface area contributed by atoms with Crippen molar-refractivity contribution in [3.05, 3.63) is 77.7 Å². The summed E-state index contributed by atoms with van der Waals surface area (Å²) in [4.78, 5) is 17.3. The van der Waals surface area contributed by atoms with E-state index < -0.39 is 0 Å². The number of rotatable bonds is 3. The molecule has 1 aliphatic carbocycles. The van der Waals surface area contributed by atoms with Crippen LogP contribution in [-0.2, 0) is 11.2 Å². The highest BCUT2D eigenvalue weighted by atomic mass is 16.1. The van der Waals surface area contributed by atoms with Gasteiger partial charge in [-0.15, -0.1) is 0 Å². The molecule has 0 spiro atoms. The lowest BCUT2D eigenvalue weighted by Crippen LogP contribution is -2.20. The van der Waals surface area contributed by atoms with Gasteiger partial charge in [0.2, 0.25) is 5.91 Å². The third-order valence-corrected chi connectivity index (χ3v) is 5.50. The normalized spacial score (nSPS) is 15.5. The minimum Gasteiger partial charge on any atom is -0.310 e. The first kappa shape index (κ1) is 16.7. The maximum absolute atomic E-state index is 12.9. The van der Waals surface area contributed by atoms with Crippen molar-refractivity contribution >= 4 is 22.5 Å². The molecule has 0 radical (unpaired) electrons. The molecule has 1 amide bonds. The zero-order valence-electron chi connectivity index (χ0n) is 15.6. The fourth-order valence-electron chi connectivity index (χ4n) is 4.03. The smallest absolute Gasteiger partial charge is 0.233 e. The molecule has 2 N–H and O–H groups in total. The number of carbonyl (C=O) groups excluding carboxylic acids is 1. The van der Waals surface area contributed by atoms with E-state index in [0.717, 1.165) is 40.3 Å². The van der Waals surface area contributed by atoms with Gasteiger partial charge in [0, 0.05) is 23.3 Å². The van der Waals surface area contributed by atoms with Gasteiger partial charge >= 0.3 is 0 Å². The van der Waals surface area contributed by atoms with Crippen LogP contribution in [0.25, 0.3) is 21.9 Å². The van der Waals surface area contributed by atoms with Crippen LogP contribution < -0.4 is 5.32 Å². The van der Waals surface area contributed by atoms with Crippen molar-refractivity contribution in [3.63, 3.8) is 0 Å². The van der Waals surface area contributed by atoms with Gasteiger partial charge in [-0.1, -0.05) is 35.9 Å². The Hall–Kier alpha value is -3.47. The third kappa shape index (κ3) is 2.95. The molecule has 4 aromatic rings. The SMILES string of the molecule is Cc1ccc2c(c1)CC[C@@H]2C(=O)Nc1cc2cc(-c3cn[nH]c3)ccc2cn1. The van der Waals surface area contributed by atoms with Crippen LogP contribution in [0.1, 0.15) is 29.0 Å². The summed E-state index contributed by atoms with van der Waals surface area (Å²) >= 11 is 0. The Kier molecular flexibility index (Phi) is 3.93. The molecular formula is C23H20N4O. The van der Waals surface area contributed by atoms with E-state index in [9.17, 15) is 4.79 Å². The molecule has 2 aromatic heterocycles. The van der Waals surface area contributed by atoms with Crippen molar-refractivity contribution in [2.24, 2.45) is 0 Å². The highest BCUT2D eigenvalue weighted by Crippen LogP contribution is 2.34. The lowest BCUT2D eigenvalue weighted by atomic mass is 9.99. The van der Waals surface area contributed by atoms with Crippen LogP contribution in [0.15, 0.2) is 61.1 Å². The molecular weight excluding hydrogens is 348 g/mol. The van der Waals surface area contributed by atoms with Crippen molar-refractivity contribution in [1.29, 1.82) is 0 Å². The molecule has 2 heterocycles. The third-order valence-electron chi connectivity index (χ3n) is 5.50. The second kappa shape index (κ2) is 6.60. The van der Waals surface area contributed by atoms with E-state index in [4.69, 9.17) is 0 Å². The van der Waals surface area contributed by atoms with E-state index in [1.165, 1.54) is 11.1 Å². The number of H-pyrrole nitrogens is 1. The number of aromatic nitrogens is 3. The predicted molar refractivity (Wildman–Crippen MR) is 110 cm³/mol. The number of nitrogens with zero attached hydrogens (tertiary/aromatic N) is 2.